The zero-order valence-electron chi connectivity index (χ0n) is 30.7. The number of hydrogen-bond donors (Lipinski definition) is 0. The van der Waals surface area contributed by atoms with Crippen LogP contribution in [-0.4, -0.2) is 9.13 Å². The molecule has 0 saturated carbocycles. The van der Waals surface area contributed by atoms with Crippen LogP contribution in [0.3, 0.4) is 0 Å². The molecule has 0 fully saturated rings. The highest BCUT2D eigenvalue weighted by Gasteiger charge is 2.18. The summed E-state index contributed by atoms with van der Waals surface area (Å²) in [4.78, 5) is 0. The van der Waals surface area contributed by atoms with Crippen molar-refractivity contribution in [3.05, 3.63) is 218 Å². The van der Waals surface area contributed by atoms with Gasteiger partial charge in [-0.1, -0.05) is 152 Å². The van der Waals surface area contributed by atoms with Gasteiger partial charge in [-0.15, -0.1) is 0 Å². The first-order valence-electron chi connectivity index (χ1n) is 19.3. The van der Waals surface area contributed by atoms with Crippen molar-refractivity contribution in [2.24, 2.45) is 0 Å². The van der Waals surface area contributed by atoms with E-state index in [0.29, 0.717) is 0 Å². The van der Waals surface area contributed by atoms with Gasteiger partial charge in [0.1, 0.15) is 0 Å². The average molecular weight is 713 g/mol. The van der Waals surface area contributed by atoms with Crippen molar-refractivity contribution in [2.75, 3.05) is 0 Å². The Morgan fingerprint density at radius 1 is 0.232 bits per heavy atom. The van der Waals surface area contributed by atoms with Gasteiger partial charge in [-0.2, -0.15) is 0 Å². The van der Waals surface area contributed by atoms with E-state index in [1.807, 2.05) is 0 Å². The first-order chi connectivity index (χ1) is 27.8. The van der Waals surface area contributed by atoms with Crippen LogP contribution < -0.4 is 0 Å². The molecule has 2 aromatic heterocycles. The van der Waals surface area contributed by atoms with Crippen LogP contribution in [0.15, 0.2) is 218 Å². The molecular weight excluding hydrogens is 677 g/mol. The van der Waals surface area contributed by atoms with E-state index in [1.54, 1.807) is 0 Å². The van der Waals surface area contributed by atoms with E-state index in [2.05, 4.69) is 228 Å². The number of hydrogen-bond acceptors (Lipinski definition) is 0. The molecule has 11 rings (SSSR count). The predicted octanol–water partition coefficient (Wildman–Crippen LogP) is 14.5. The van der Waals surface area contributed by atoms with Gasteiger partial charge < -0.3 is 9.13 Å². The molecule has 0 aliphatic carbocycles. The molecular formula is C54H36N2. The minimum atomic E-state index is 1.15. The van der Waals surface area contributed by atoms with Gasteiger partial charge in [-0.25, -0.2) is 0 Å². The number of benzene rings is 9. The highest BCUT2D eigenvalue weighted by Crippen LogP contribution is 2.42. The molecule has 2 heteroatoms. The van der Waals surface area contributed by atoms with Crippen molar-refractivity contribution < 1.29 is 0 Å². The molecule has 2 nitrogen and oxygen atoms in total. The third-order valence-corrected chi connectivity index (χ3v) is 11.3. The van der Waals surface area contributed by atoms with E-state index < -0.39 is 0 Å². The van der Waals surface area contributed by atoms with Crippen molar-refractivity contribution in [3.8, 4) is 55.9 Å². The lowest BCUT2D eigenvalue weighted by atomic mass is 9.91. The normalized spacial score (nSPS) is 11.6. The number of aromatic nitrogens is 2. The second kappa shape index (κ2) is 13.2. The summed E-state index contributed by atoms with van der Waals surface area (Å²) in [7, 11) is 0. The number of rotatable bonds is 6. The SMILES string of the molecule is c1ccc(-c2ccc(-n3c4ccccc4c4ccc(-c5cc(-c6ccccc6)cc(-c6cccc7c6c6ccccc6n7-c6ccccc6)c5)cc43)cc2)cc1. The van der Waals surface area contributed by atoms with Crippen molar-refractivity contribution in [2.45, 2.75) is 0 Å². The van der Waals surface area contributed by atoms with E-state index in [-0.39, 0.29) is 0 Å². The lowest BCUT2D eigenvalue weighted by Gasteiger charge is -2.14. The molecule has 0 spiro atoms. The Morgan fingerprint density at radius 2 is 0.696 bits per heavy atom. The highest BCUT2D eigenvalue weighted by atomic mass is 15.0. The zero-order valence-corrected chi connectivity index (χ0v) is 30.7. The molecule has 0 radical (unpaired) electrons. The van der Waals surface area contributed by atoms with Crippen LogP contribution in [0.4, 0.5) is 0 Å². The summed E-state index contributed by atoms with van der Waals surface area (Å²) in [6, 6.07) is 79.5. The van der Waals surface area contributed by atoms with Gasteiger partial charge in [-0.05, 0) is 111 Å². The van der Waals surface area contributed by atoms with Crippen molar-refractivity contribution >= 4 is 43.6 Å². The molecule has 0 aliphatic rings. The molecule has 262 valence electrons. The smallest absolute Gasteiger partial charge is 0.0547 e. The maximum absolute atomic E-state index is 2.42. The molecule has 0 amide bonds. The van der Waals surface area contributed by atoms with E-state index in [1.165, 1.54) is 88.1 Å². The number of fused-ring (bicyclic) bond motifs is 6. The molecule has 0 unspecified atom stereocenters. The zero-order chi connectivity index (χ0) is 37.0. The van der Waals surface area contributed by atoms with Crippen molar-refractivity contribution in [1.82, 2.24) is 9.13 Å². The monoisotopic (exact) mass is 712 g/mol. The first kappa shape index (κ1) is 32.0. The Kier molecular flexibility index (Phi) is 7.53. The van der Waals surface area contributed by atoms with Crippen LogP contribution >= 0.6 is 0 Å². The minimum Gasteiger partial charge on any atom is -0.309 e. The Balaban J connectivity index is 1.13. The molecule has 0 N–H and O–H groups in total. The summed E-state index contributed by atoms with van der Waals surface area (Å²) in [6.45, 7) is 0. The van der Waals surface area contributed by atoms with Gasteiger partial charge in [0, 0.05) is 32.9 Å². The summed E-state index contributed by atoms with van der Waals surface area (Å²) in [6.07, 6.45) is 0. The standard InChI is InChI=1S/C54H36N2/c1-4-15-37(16-5-1)39-27-30-45(31-28-39)56-50-24-12-10-21-47(50)48-32-29-40(36-53(48)56)42-33-41(38-17-6-2-7-18-38)34-43(35-42)46-23-14-26-52-54(46)49-22-11-13-25-51(49)55(52)44-19-8-3-9-20-44/h1-36H. The highest BCUT2D eigenvalue weighted by molar-refractivity contribution is 6.16. The summed E-state index contributed by atoms with van der Waals surface area (Å²) < 4.78 is 4.82. The Morgan fingerprint density at radius 3 is 1.41 bits per heavy atom. The fourth-order valence-electron chi connectivity index (χ4n) is 8.72. The molecule has 2 heterocycles. The average Bonchev–Trinajstić information content (AvgIpc) is 3.80. The summed E-state index contributed by atoms with van der Waals surface area (Å²) in [5, 5.41) is 5.01. The van der Waals surface area contributed by atoms with Gasteiger partial charge in [-0.3, -0.25) is 0 Å². The van der Waals surface area contributed by atoms with E-state index >= 15 is 0 Å². The van der Waals surface area contributed by atoms with Crippen LogP contribution in [0.2, 0.25) is 0 Å². The second-order valence-electron chi connectivity index (χ2n) is 14.6. The van der Waals surface area contributed by atoms with Crippen LogP contribution in [0.25, 0.3) is 99.5 Å². The molecule has 0 bridgehead atoms. The van der Waals surface area contributed by atoms with Gasteiger partial charge in [0.05, 0.1) is 22.1 Å². The lowest BCUT2D eigenvalue weighted by Crippen LogP contribution is -1.94. The Labute approximate surface area is 325 Å². The Hall–Kier alpha value is -7.42. The van der Waals surface area contributed by atoms with E-state index in [0.717, 1.165) is 11.4 Å². The maximum atomic E-state index is 2.42. The summed E-state index contributed by atoms with van der Waals surface area (Å²) in [5.41, 5.74) is 16.7. The largest absolute Gasteiger partial charge is 0.309 e. The van der Waals surface area contributed by atoms with Gasteiger partial charge in [0.15, 0.2) is 0 Å². The van der Waals surface area contributed by atoms with E-state index in [9.17, 15) is 0 Å². The fraction of sp³-hybridized carbons (Fsp3) is 0. The number of para-hydroxylation sites is 3. The van der Waals surface area contributed by atoms with Crippen LogP contribution in [-0.2, 0) is 0 Å². The maximum Gasteiger partial charge on any atom is 0.0547 e. The van der Waals surface area contributed by atoms with Crippen LogP contribution in [0.1, 0.15) is 0 Å². The van der Waals surface area contributed by atoms with Crippen molar-refractivity contribution in [1.29, 1.82) is 0 Å². The summed E-state index contributed by atoms with van der Waals surface area (Å²) >= 11 is 0. The van der Waals surface area contributed by atoms with Gasteiger partial charge >= 0.3 is 0 Å². The van der Waals surface area contributed by atoms with Crippen LogP contribution in [0.5, 0.6) is 0 Å². The predicted molar refractivity (Wildman–Crippen MR) is 237 cm³/mol. The van der Waals surface area contributed by atoms with Crippen LogP contribution in [0, 0.1) is 0 Å². The van der Waals surface area contributed by atoms with Gasteiger partial charge in [0.2, 0.25) is 0 Å². The molecule has 11 aromatic rings. The van der Waals surface area contributed by atoms with Gasteiger partial charge in [0.25, 0.3) is 0 Å². The molecule has 0 saturated heterocycles. The summed E-state index contributed by atoms with van der Waals surface area (Å²) in [5.74, 6) is 0. The Bertz CT molecular complexity index is 3210. The first-order valence-corrected chi connectivity index (χ1v) is 19.3. The second-order valence-corrected chi connectivity index (χ2v) is 14.6. The number of nitrogens with zero attached hydrogens (tertiary/aromatic N) is 2. The van der Waals surface area contributed by atoms with E-state index in [4.69, 9.17) is 0 Å². The fourth-order valence-corrected chi connectivity index (χ4v) is 8.72. The quantitative estimate of drug-likeness (QED) is 0.162. The van der Waals surface area contributed by atoms with Crippen molar-refractivity contribution in [3.63, 3.8) is 0 Å². The molecule has 0 atom stereocenters. The minimum absolute atomic E-state index is 1.15. The molecule has 56 heavy (non-hydrogen) atoms. The molecule has 0 aliphatic heterocycles. The third-order valence-electron chi connectivity index (χ3n) is 11.3. The lowest BCUT2D eigenvalue weighted by molar-refractivity contribution is 1.18. The topological polar surface area (TPSA) is 9.86 Å². The third kappa shape index (κ3) is 5.26. The molecule has 9 aromatic carbocycles.